The molecule has 0 amide bonds. The van der Waals surface area contributed by atoms with Gasteiger partial charge in [0.05, 0.1) is 105 Å². The number of para-hydroxylation sites is 2. The number of aromatic nitrogens is 4. The lowest BCUT2D eigenvalue weighted by atomic mass is 9.92. The molecule has 0 bridgehead atoms. The van der Waals surface area contributed by atoms with Crippen LogP contribution in [0.15, 0.2) is 430 Å². The molecule has 3 heterocycles. The SMILES string of the molecule is [2H]c1c([2H])c([2H])c(-c2cnc(-n3c4ccccc4c4ccc(Oc5cccc(-n6[c-][n+](-c7c(-c8c([2H])c(-c9c([2H])c([2H])c([2H])c([2H])c9[2H])c([2H])c(-c9c([2H])c([2H])c([2H])c([2H])c9[2H])c8[2H])cccc7[Si](c7c([2H])c([2H])c([2H])c([2H])c7[2H])(c7c([2H])c([2H])c([2H])c([2H])c7[2H])c7c([2H])c([2H])c([2H])c([2H])c7[2H])c7ccc(-c8c([2H])c([2H])c([2H])c([Si](c9c([2H])c([2H])c([2H])c([2H])c9[2H])(c9c([2H])c([2H])c([2H])c([2H])c9[2H])c9c([2H])c([2H])c([2H])c([2H])c9[2H])c8[2H])cc76)c5)cc43)cc2C([2H])([2H])[2H])c([2H])c1[2H]. The van der Waals surface area contributed by atoms with Gasteiger partial charge in [-0.25, -0.2) is 4.98 Å². The molecule has 5 nitrogen and oxygen atoms in total. The highest BCUT2D eigenvalue weighted by molar-refractivity contribution is 7.20. The summed E-state index contributed by atoms with van der Waals surface area (Å²) in [5.74, 6) is -0.488. The molecule has 19 aromatic rings. The van der Waals surface area contributed by atoms with Crippen LogP contribution in [0.25, 0.3) is 106 Å². The van der Waals surface area contributed by atoms with Crippen molar-refractivity contribution in [3.05, 3.63) is 441 Å². The topological polar surface area (TPSA) is 35.9 Å². The zero-order chi connectivity index (χ0) is 121. The molecule has 0 saturated heterocycles. The lowest BCUT2D eigenvalue weighted by Gasteiger charge is -2.37. The Balaban J connectivity index is 1.04. The molecular formula is C103H74N4OSi2. The van der Waals surface area contributed by atoms with Gasteiger partial charge in [-0.2, -0.15) is 0 Å². The largest absolute Gasteiger partial charge is 0.458 e. The molecular weight excluding hydrogens is 1370 g/mol. The summed E-state index contributed by atoms with van der Waals surface area (Å²) in [6.07, 6.45) is 4.21. The summed E-state index contributed by atoms with van der Waals surface area (Å²) in [4.78, 5) is 4.69. The van der Waals surface area contributed by atoms with E-state index in [9.17, 15) is 52.1 Å². The number of hydrogen-bond acceptors (Lipinski definition) is 2. The summed E-state index contributed by atoms with van der Waals surface area (Å²) in [5, 5.41) is -8.98. The number of ether oxygens (including phenoxy) is 1. The van der Waals surface area contributed by atoms with Crippen LogP contribution in [0.3, 0.4) is 0 Å². The molecule has 0 radical (unpaired) electrons. The van der Waals surface area contributed by atoms with Gasteiger partial charge in [0.25, 0.3) is 6.33 Å². The van der Waals surface area contributed by atoms with Gasteiger partial charge < -0.3 is 4.74 Å². The average Bonchev–Trinajstić information content (AvgIpc) is 1.39. The molecule has 0 fully saturated rings. The molecule has 0 spiro atoms. The highest BCUT2D eigenvalue weighted by Crippen LogP contribution is 2.40. The fourth-order valence-corrected chi connectivity index (χ4v) is 21.1. The third-order valence-corrected chi connectivity index (χ3v) is 26.4. The number of benzene rings is 16. The maximum Gasteiger partial charge on any atom is 0.269 e. The first-order chi connectivity index (χ1) is 77.3. The second-order valence-corrected chi connectivity index (χ2v) is 31.2. The molecule has 19 rings (SSSR count). The predicted molar refractivity (Wildman–Crippen MR) is 461 cm³/mol. The van der Waals surface area contributed by atoms with Gasteiger partial charge in [-0.1, -0.05) is 351 Å². The first kappa shape index (κ1) is 30.4. The molecule has 0 aliphatic heterocycles. The minimum atomic E-state index is -6.97. The standard InChI is InChI=1S/C103H74N4OSi2/c1-74-64-102(104-72-96(74)77-38-15-4-16-39-77)107-97-58-30-29-56-94(97)95-62-61-85(71-99(95)107)108-84-42-32-41-83(70-84)105-73-106(98-63-60-79(69-100(98)105)78-40-31-55-92(68-78)109(86-43-17-5-18-44-86,87-45-19-6-20-46-87)88-47-21-7-22-48-88)103-93(82-66-80(75-34-11-2-12-35-75)65-81(67-82)76-36-13-3-14-37-76)57-33-59-101(103)110(89-49-23-8-24-50-89,90-51-25-9-26-52-90)91-53-27-10-28-54-91/h2-72H,1H3/i1D3,2D,3D,4D,5D,6D,7D,8D,9D,10D,11D,12D,13D,14D,15D,16D,17D,18D,19D,20D,21D,22D,23D,24D,25D,26D,27D,28D,31D,34D,35D,36D,37D,38D,39D,40D,43D,44D,45D,46D,47D,48D,49D,50D,51D,52D,53D,54D,55D,65D,66D,67D,68D. The van der Waals surface area contributed by atoms with E-state index < -0.39 is 451 Å². The van der Waals surface area contributed by atoms with Crippen LogP contribution in [0.4, 0.5) is 0 Å². The number of fused-ring (bicyclic) bond motifs is 4. The van der Waals surface area contributed by atoms with Crippen molar-refractivity contribution in [3.8, 4) is 84.3 Å². The monoisotopic (exact) mass is 1490 g/mol. The fourth-order valence-electron chi connectivity index (χ4n) is 13.6. The highest BCUT2D eigenvalue weighted by Gasteiger charge is 2.45. The Morgan fingerprint density at radius 2 is 0.845 bits per heavy atom. The maximum atomic E-state index is 11.1. The first-order valence-corrected chi connectivity index (χ1v) is 37.1. The van der Waals surface area contributed by atoms with Crippen LogP contribution in [0, 0.1) is 13.2 Å². The van der Waals surface area contributed by atoms with Crippen molar-refractivity contribution in [1.29, 1.82) is 0 Å². The Morgan fingerprint density at radius 3 is 1.42 bits per heavy atom. The van der Waals surface area contributed by atoms with Crippen LogP contribution in [-0.4, -0.2) is 30.3 Å². The van der Waals surface area contributed by atoms with E-state index in [-0.39, 0.29) is 34.1 Å². The molecule has 520 valence electrons. The second-order valence-electron chi connectivity index (χ2n) is 24.1. The summed E-state index contributed by atoms with van der Waals surface area (Å²) in [5.41, 5.74) is -11.6. The number of imidazole rings is 1. The van der Waals surface area contributed by atoms with Crippen LogP contribution in [-0.2, 0) is 0 Å². The van der Waals surface area contributed by atoms with Crippen LogP contribution in [0.2, 0.25) is 0 Å². The Hall–Kier alpha value is -13.8. The van der Waals surface area contributed by atoms with Gasteiger partial charge in [0, 0.05) is 32.7 Å². The molecule has 16 aromatic carbocycles. The van der Waals surface area contributed by atoms with Gasteiger partial charge in [-0.15, -0.1) is 0 Å². The minimum Gasteiger partial charge on any atom is -0.458 e. The van der Waals surface area contributed by atoms with Crippen molar-refractivity contribution < 1.29 is 84.7 Å². The van der Waals surface area contributed by atoms with Crippen molar-refractivity contribution in [1.82, 2.24) is 14.1 Å². The third-order valence-electron chi connectivity index (χ3n) is 18.2. The van der Waals surface area contributed by atoms with Crippen molar-refractivity contribution in [2.75, 3.05) is 0 Å². The summed E-state index contributed by atoms with van der Waals surface area (Å²) < 4.78 is 539. The number of rotatable bonds is 18. The normalized spacial score (nSPS) is 18.8. The maximum absolute atomic E-state index is 11.1. The quantitative estimate of drug-likeness (QED) is 0.0371. The van der Waals surface area contributed by atoms with Crippen LogP contribution >= 0.6 is 0 Å². The lowest BCUT2D eigenvalue weighted by Crippen LogP contribution is -2.76. The molecule has 0 aliphatic rings. The molecule has 7 heteroatoms. The Kier molecular flexibility index (Phi) is 7.97. The van der Waals surface area contributed by atoms with Crippen molar-refractivity contribution >= 4 is 90.5 Å². The summed E-state index contributed by atoms with van der Waals surface area (Å²) in [7, 11) is -13.7. The summed E-state index contributed by atoms with van der Waals surface area (Å²) >= 11 is 0. The minimum absolute atomic E-state index is 0.106. The van der Waals surface area contributed by atoms with E-state index in [0.717, 1.165) is 57.8 Å². The van der Waals surface area contributed by atoms with Crippen molar-refractivity contribution in [3.63, 3.8) is 0 Å². The summed E-state index contributed by atoms with van der Waals surface area (Å²) in [6.45, 7) is -3.11. The molecule has 0 aliphatic carbocycles. The lowest BCUT2D eigenvalue weighted by molar-refractivity contribution is -0.570. The second kappa shape index (κ2) is 28.8. The van der Waals surface area contributed by atoms with Crippen LogP contribution in [0.5, 0.6) is 11.5 Å². The molecule has 0 atom stereocenters. The van der Waals surface area contributed by atoms with Gasteiger partial charge in [-0.05, 0) is 171 Å². The van der Waals surface area contributed by atoms with E-state index in [1.807, 2.05) is 0 Å². The number of aryl methyl sites for hydroxylation is 1. The summed E-state index contributed by atoms with van der Waals surface area (Å²) in [6, 6.07) is -42.4. The van der Waals surface area contributed by atoms with Crippen LogP contribution in [0.1, 0.15) is 81.0 Å². The molecule has 0 saturated carbocycles. The predicted octanol–water partition coefficient (Wildman–Crippen LogP) is 19.4. The number of nitrogens with zero attached hydrogens (tertiary/aromatic N) is 4. The van der Waals surface area contributed by atoms with E-state index in [4.69, 9.17) is 28.0 Å². The zero-order valence-corrected chi connectivity index (χ0v) is 58.2. The Bertz CT molecular complexity index is 9370. The smallest absolute Gasteiger partial charge is 0.269 e. The van der Waals surface area contributed by atoms with Crippen molar-refractivity contribution in [2.24, 2.45) is 0 Å². The van der Waals surface area contributed by atoms with E-state index in [1.54, 1.807) is 30.3 Å². The number of pyridine rings is 1. The van der Waals surface area contributed by atoms with E-state index in [0.29, 0.717) is 16.3 Å². The van der Waals surface area contributed by atoms with E-state index in [1.165, 1.54) is 41.0 Å². The van der Waals surface area contributed by atoms with Gasteiger partial charge >= 0.3 is 0 Å². The highest BCUT2D eigenvalue weighted by atomic mass is 28.3. The molecule has 110 heavy (non-hydrogen) atoms. The average molecular weight is 1500 g/mol. The van der Waals surface area contributed by atoms with Crippen LogP contribution < -0.4 is 50.8 Å². The van der Waals surface area contributed by atoms with Gasteiger partial charge in [-0.3, -0.25) is 13.7 Å². The van der Waals surface area contributed by atoms with Gasteiger partial charge in [0.15, 0.2) is 16.1 Å². The van der Waals surface area contributed by atoms with Gasteiger partial charge in [0.1, 0.15) is 17.3 Å². The number of hydrogen-bond donors (Lipinski definition) is 0. The third kappa shape index (κ3) is 11.9. The first-order valence-electron chi connectivity index (χ1n) is 60.6. The van der Waals surface area contributed by atoms with Gasteiger partial charge in [0.2, 0.25) is 0 Å². The molecule has 0 unspecified atom stereocenters. The zero-order valence-electron chi connectivity index (χ0n) is 111. The van der Waals surface area contributed by atoms with E-state index >= 15 is 0 Å². The Morgan fingerprint density at radius 1 is 0.355 bits per heavy atom. The van der Waals surface area contributed by atoms with Crippen molar-refractivity contribution in [2.45, 2.75) is 6.85 Å². The fraction of sp³-hybridized carbons (Fsp3) is 0.00971. The Labute approximate surface area is 720 Å². The molecule has 0 N–H and O–H groups in total. The molecule has 3 aromatic heterocycles. The van der Waals surface area contributed by atoms with E-state index in [2.05, 4.69) is 11.3 Å².